The van der Waals surface area contributed by atoms with Crippen molar-refractivity contribution in [3.05, 3.63) is 35.5 Å². The lowest BCUT2D eigenvalue weighted by molar-refractivity contribution is -0.122. The number of carbonyl (C=O) groups is 1. The Kier molecular flexibility index (Phi) is 2.98. The van der Waals surface area contributed by atoms with Gasteiger partial charge < -0.3 is 10.1 Å². The van der Waals surface area contributed by atoms with Gasteiger partial charge in [0.2, 0.25) is 0 Å². The van der Waals surface area contributed by atoms with Crippen molar-refractivity contribution in [2.24, 2.45) is 0 Å². The Balaban J connectivity index is 1.83. The Morgan fingerprint density at radius 3 is 2.63 bits per heavy atom. The molecule has 2 fully saturated rings. The molecule has 19 heavy (non-hydrogen) atoms. The zero-order valence-corrected chi connectivity index (χ0v) is 11.4. The van der Waals surface area contributed by atoms with Gasteiger partial charge in [0.05, 0.1) is 7.11 Å². The first-order valence-corrected chi connectivity index (χ1v) is 6.60. The first-order valence-electron chi connectivity index (χ1n) is 6.19. The molecule has 1 saturated heterocycles. The van der Waals surface area contributed by atoms with Crippen molar-refractivity contribution in [3.8, 4) is 5.75 Å². The normalized spacial score (nSPS) is 20.9. The summed E-state index contributed by atoms with van der Waals surface area (Å²) in [6, 6.07) is 7.84. The second-order valence-corrected chi connectivity index (χ2v) is 5.05. The van der Waals surface area contributed by atoms with Gasteiger partial charge in [0.15, 0.2) is 5.11 Å². The van der Waals surface area contributed by atoms with E-state index in [0.717, 1.165) is 24.2 Å². The van der Waals surface area contributed by atoms with Crippen LogP contribution in [0.3, 0.4) is 0 Å². The number of thiocarbonyl (C=S) groups is 1. The van der Waals surface area contributed by atoms with Gasteiger partial charge in [-0.2, -0.15) is 0 Å². The van der Waals surface area contributed by atoms with Crippen LogP contribution in [-0.2, 0) is 4.79 Å². The first kappa shape index (κ1) is 12.2. The molecule has 1 aliphatic heterocycles. The molecule has 1 amide bonds. The quantitative estimate of drug-likeness (QED) is 0.675. The van der Waals surface area contributed by atoms with E-state index < -0.39 is 0 Å². The average molecular weight is 274 g/mol. The van der Waals surface area contributed by atoms with E-state index in [9.17, 15) is 4.79 Å². The maximum absolute atomic E-state index is 12.2. The molecule has 0 radical (unpaired) electrons. The fraction of sp³-hybridized carbons (Fsp3) is 0.286. The fourth-order valence-electron chi connectivity index (χ4n) is 2.08. The predicted molar refractivity (Wildman–Crippen MR) is 76.6 cm³/mol. The van der Waals surface area contributed by atoms with Crippen LogP contribution in [0.4, 0.5) is 0 Å². The summed E-state index contributed by atoms with van der Waals surface area (Å²) in [4.78, 5) is 13.9. The third-order valence-corrected chi connectivity index (χ3v) is 3.55. The van der Waals surface area contributed by atoms with Crippen LogP contribution < -0.4 is 10.1 Å². The number of hydrogen-bond acceptors (Lipinski definition) is 3. The standard InChI is InChI=1S/C14H14N2O2S/c1-18-11-6-2-9(3-7-11)8-12-13(17)16(10-4-5-10)14(19)15-12/h2-3,6-8,10H,4-5H2,1H3,(H,15,19)/b12-8+. The molecule has 0 bridgehead atoms. The van der Waals surface area contributed by atoms with E-state index in [1.165, 1.54) is 0 Å². The van der Waals surface area contributed by atoms with Crippen LogP contribution in [0.2, 0.25) is 0 Å². The summed E-state index contributed by atoms with van der Waals surface area (Å²) < 4.78 is 5.10. The molecule has 0 aromatic heterocycles. The molecule has 3 rings (SSSR count). The summed E-state index contributed by atoms with van der Waals surface area (Å²) >= 11 is 5.20. The number of rotatable bonds is 3. The molecule has 0 spiro atoms. The molecule has 5 heteroatoms. The minimum absolute atomic E-state index is 0.0247. The maximum atomic E-state index is 12.2. The van der Waals surface area contributed by atoms with Gasteiger partial charge >= 0.3 is 0 Å². The Bertz CT molecular complexity index is 561. The topological polar surface area (TPSA) is 41.6 Å². The molecule has 1 aromatic rings. The van der Waals surface area contributed by atoms with Crippen molar-refractivity contribution < 1.29 is 9.53 Å². The van der Waals surface area contributed by atoms with Gasteiger partial charge in [-0.05, 0) is 48.8 Å². The second-order valence-electron chi connectivity index (χ2n) is 4.67. The van der Waals surface area contributed by atoms with Crippen molar-refractivity contribution in [3.63, 3.8) is 0 Å². The smallest absolute Gasteiger partial charge is 0.276 e. The van der Waals surface area contributed by atoms with Gasteiger partial charge in [-0.3, -0.25) is 9.69 Å². The SMILES string of the molecule is COc1ccc(/C=C2/NC(=S)N(C3CC3)C2=O)cc1. The molecule has 1 aromatic carbocycles. The third-order valence-electron chi connectivity index (χ3n) is 3.25. The Morgan fingerprint density at radius 2 is 2.05 bits per heavy atom. The molecule has 1 saturated carbocycles. The summed E-state index contributed by atoms with van der Waals surface area (Å²) in [5.41, 5.74) is 1.49. The lowest BCUT2D eigenvalue weighted by atomic mass is 10.2. The maximum Gasteiger partial charge on any atom is 0.276 e. The summed E-state index contributed by atoms with van der Waals surface area (Å²) in [6.07, 6.45) is 3.91. The van der Waals surface area contributed by atoms with Crippen LogP contribution in [-0.4, -0.2) is 29.1 Å². The second kappa shape index (κ2) is 4.66. The highest BCUT2D eigenvalue weighted by Crippen LogP contribution is 2.30. The summed E-state index contributed by atoms with van der Waals surface area (Å²) in [6.45, 7) is 0. The van der Waals surface area contributed by atoms with Crippen molar-refractivity contribution in [1.29, 1.82) is 0 Å². The number of nitrogens with one attached hydrogen (secondary N) is 1. The van der Waals surface area contributed by atoms with Crippen LogP contribution in [0.15, 0.2) is 30.0 Å². The van der Waals surface area contributed by atoms with Crippen LogP contribution in [0.1, 0.15) is 18.4 Å². The number of carbonyl (C=O) groups excluding carboxylic acids is 1. The van der Waals surface area contributed by atoms with E-state index in [2.05, 4.69) is 5.32 Å². The Labute approximate surface area is 117 Å². The zero-order chi connectivity index (χ0) is 13.4. The van der Waals surface area contributed by atoms with E-state index in [1.807, 2.05) is 30.3 Å². The Hall–Kier alpha value is -1.88. The number of methoxy groups -OCH3 is 1. The molecule has 2 aliphatic rings. The number of hydrogen-bond donors (Lipinski definition) is 1. The van der Waals surface area contributed by atoms with Crippen LogP contribution >= 0.6 is 12.2 Å². The lowest BCUT2D eigenvalue weighted by Gasteiger charge is -2.11. The molecule has 1 N–H and O–H groups in total. The van der Waals surface area contributed by atoms with E-state index in [0.29, 0.717) is 16.9 Å². The van der Waals surface area contributed by atoms with Gasteiger partial charge in [0, 0.05) is 6.04 Å². The number of benzene rings is 1. The number of amides is 1. The molecule has 98 valence electrons. The lowest BCUT2D eigenvalue weighted by Crippen LogP contribution is -2.32. The van der Waals surface area contributed by atoms with E-state index in [4.69, 9.17) is 17.0 Å². The van der Waals surface area contributed by atoms with Crippen LogP contribution in [0, 0.1) is 0 Å². The molecule has 0 atom stereocenters. The summed E-state index contributed by atoms with van der Waals surface area (Å²) in [5.74, 6) is 0.770. The highest BCUT2D eigenvalue weighted by atomic mass is 32.1. The van der Waals surface area contributed by atoms with Gasteiger partial charge in [-0.1, -0.05) is 12.1 Å². The third kappa shape index (κ3) is 2.33. The number of ether oxygens (including phenoxy) is 1. The average Bonchev–Trinajstić information content (AvgIpc) is 3.19. The monoisotopic (exact) mass is 274 g/mol. The summed E-state index contributed by atoms with van der Waals surface area (Å²) in [5, 5.41) is 3.51. The Morgan fingerprint density at radius 1 is 1.37 bits per heavy atom. The largest absolute Gasteiger partial charge is 0.497 e. The predicted octanol–water partition coefficient (Wildman–Crippen LogP) is 1.92. The number of nitrogens with zero attached hydrogens (tertiary/aromatic N) is 1. The zero-order valence-electron chi connectivity index (χ0n) is 10.6. The van der Waals surface area contributed by atoms with Crippen molar-refractivity contribution in [2.75, 3.05) is 7.11 Å². The fourth-order valence-corrected chi connectivity index (χ4v) is 2.42. The minimum Gasteiger partial charge on any atom is -0.497 e. The van der Waals surface area contributed by atoms with E-state index >= 15 is 0 Å². The van der Waals surface area contributed by atoms with Crippen molar-refractivity contribution >= 4 is 29.3 Å². The first-order chi connectivity index (χ1) is 9.19. The highest BCUT2D eigenvalue weighted by Gasteiger charge is 2.41. The van der Waals surface area contributed by atoms with Gasteiger partial charge in [-0.25, -0.2) is 0 Å². The van der Waals surface area contributed by atoms with Crippen LogP contribution in [0.25, 0.3) is 6.08 Å². The molecular weight excluding hydrogens is 260 g/mol. The minimum atomic E-state index is -0.0247. The van der Waals surface area contributed by atoms with Gasteiger partial charge in [-0.15, -0.1) is 0 Å². The molecule has 1 heterocycles. The van der Waals surface area contributed by atoms with Crippen LogP contribution in [0.5, 0.6) is 5.75 Å². The highest BCUT2D eigenvalue weighted by molar-refractivity contribution is 7.80. The van der Waals surface area contributed by atoms with E-state index in [1.54, 1.807) is 12.0 Å². The van der Waals surface area contributed by atoms with Crippen molar-refractivity contribution in [1.82, 2.24) is 10.2 Å². The van der Waals surface area contributed by atoms with Gasteiger partial charge in [0.1, 0.15) is 11.4 Å². The van der Waals surface area contributed by atoms with Crippen molar-refractivity contribution in [2.45, 2.75) is 18.9 Å². The molecule has 0 unspecified atom stereocenters. The molecule has 4 nitrogen and oxygen atoms in total. The molecule has 1 aliphatic carbocycles. The van der Waals surface area contributed by atoms with E-state index in [-0.39, 0.29) is 5.91 Å². The summed E-state index contributed by atoms with van der Waals surface area (Å²) in [7, 11) is 1.63. The molecular formula is C14H14N2O2S. The van der Waals surface area contributed by atoms with Gasteiger partial charge in [0.25, 0.3) is 5.91 Å².